The quantitative estimate of drug-likeness (QED) is 0.123. The molecule has 1 rings (SSSR count). The zero-order chi connectivity index (χ0) is 23.8. The van der Waals surface area contributed by atoms with Crippen molar-refractivity contribution in [2.24, 2.45) is 0 Å². The molecule has 0 aromatic heterocycles. The number of ether oxygens (including phenoxy) is 2. The predicted molar refractivity (Wildman–Crippen MR) is 146 cm³/mol. The van der Waals surface area contributed by atoms with Gasteiger partial charge < -0.3 is 15.2 Å². The SMILES string of the molecule is CCCCCCCCCCCCOc1ccc(OCCCCCCCCCCCC)c(N)c1. The molecule has 0 aliphatic carbocycles. The fourth-order valence-corrected chi connectivity index (χ4v) is 4.30. The highest BCUT2D eigenvalue weighted by Crippen LogP contribution is 2.27. The predicted octanol–water partition coefficient (Wildman–Crippen LogP) is 9.87. The van der Waals surface area contributed by atoms with Crippen molar-refractivity contribution in [3.05, 3.63) is 18.2 Å². The average molecular weight is 462 g/mol. The standard InChI is InChI=1S/C30H55NO2/c1-3-5-7-9-11-13-15-17-19-21-25-32-28-23-24-30(29(31)27-28)33-26-22-20-18-16-14-12-10-8-6-4-2/h23-24,27H,3-22,25-26,31H2,1-2H3. The lowest BCUT2D eigenvalue weighted by Crippen LogP contribution is -2.02. The minimum Gasteiger partial charge on any atom is -0.494 e. The largest absolute Gasteiger partial charge is 0.494 e. The lowest BCUT2D eigenvalue weighted by Gasteiger charge is -2.11. The molecule has 0 radical (unpaired) electrons. The van der Waals surface area contributed by atoms with E-state index in [0.717, 1.165) is 37.6 Å². The van der Waals surface area contributed by atoms with Crippen LogP contribution in [-0.2, 0) is 0 Å². The molecule has 0 saturated carbocycles. The van der Waals surface area contributed by atoms with Crippen molar-refractivity contribution in [1.29, 1.82) is 0 Å². The van der Waals surface area contributed by atoms with Crippen molar-refractivity contribution >= 4 is 5.69 Å². The molecule has 0 aliphatic rings. The summed E-state index contributed by atoms with van der Waals surface area (Å²) in [4.78, 5) is 0. The first-order chi connectivity index (χ1) is 16.3. The summed E-state index contributed by atoms with van der Waals surface area (Å²) in [5, 5.41) is 0. The van der Waals surface area contributed by atoms with Crippen LogP contribution in [0.4, 0.5) is 5.69 Å². The van der Waals surface area contributed by atoms with Gasteiger partial charge in [-0.15, -0.1) is 0 Å². The van der Waals surface area contributed by atoms with Crippen LogP contribution in [0.2, 0.25) is 0 Å². The van der Waals surface area contributed by atoms with Gasteiger partial charge in [-0.25, -0.2) is 0 Å². The molecule has 1 aromatic rings. The van der Waals surface area contributed by atoms with Crippen LogP contribution >= 0.6 is 0 Å². The van der Waals surface area contributed by atoms with Gasteiger partial charge in [0.2, 0.25) is 0 Å². The first-order valence-corrected chi connectivity index (χ1v) is 14.4. The third-order valence-corrected chi connectivity index (χ3v) is 6.50. The lowest BCUT2D eigenvalue weighted by molar-refractivity contribution is 0.297. The fraction of sp³-hybridized carbons (Fsp3) is 0.800. The minimum absolute atomic E-state index is 0.683. The van der Waals surface area contributed by atoms with E-state index >= 15 is 0 Å². The maximum atomic E-state index is 6.18. The van der Waals surface area contributed by atoms with Gasteiger partial charge in [-0.05, 0) is 25.0 Å². The van der Waals surface area contributed by atoms with Gasteiger partial charge in [-0.3, -0.25) is 0 Å². The van der Waals surface area contributed by atoms with E-state index in [0.29, 0.717) is 5.69 Å². The minimum atomic E-state index is 0.683. The maximum absolute atomic E-state index is 6.18. The molecule has 1 aromatic carbocycles. The van der Waals surface area contributed by atoms with Crippen LogP contribution in [-0.4, -0.2) is 13.2 Å². The number of hydrogen-bond donors (Lipinski definition) is 1. The van der Waals surface area contributed by atoms with Crippen molar-refractivity contribution in [2.45, 2.75) is 142 Å². The molecular weight excluding hydrogens is 406 g/mol. The Kier molecular flexibility index (Phi) is 20.1. The van der Waals surface area contributed by atoms with Gasteiger partial charge in [-0.1, -0.05) is 129 Å². The maximum Gasteiger partial charge on any atom is 0.142 e. The van der Waals surface area contributed by atoms with Gasteiger partial charge in [0, 0.05) is 6.07 Å². The molecule has 3 nitrogen and oxygen atoms in total. The molecule has 0 unspecified atom stereocenters. The average Bonchev–Trinajstić information content (AvgIpc) is 2.82. The second-order valence-electron chi connectivity index (χ2n) is 9.76. The Morgan fingerprint density at radius 2 is 0.909 bits per heavy atom. The number of nitrogens with two attached hydrogens (primary N) is 1. The zero-order valence-corrected chi connectivity index (χ0v) is 22.2. The van der Waals surface area contributed by atoms with E-state index in [1.807, 2.05) is 18.2 Å². The summed E-state index contributed by atoms with van der Waals surface area (Å²) in [6, 6.07) is 5.85. The third kappa shape index (κ3) is 17.7. The van der Waals surface area contributed by atoms with Gasteiger partial charge in [-0.2, -0.15) is 0 Å². The van der Waals surface area contributed by atoms with Gasteiger partial charge >= 0.3 is 0 Å². The summed E-state index contributed by atoms with van der Waals surface area (Å²) < 4.78 is 11.8. The topological polar surface area (TPSA) is 44.5 Å². The first-order valence-electron chi connectivity index (χ1n) is 14.4. The molecule has 0 aliphatic heterocycles. The highest BCUT2D eigenvalue weighted by Gasteiger charge is 2.03. The van der Waals surface area contributed by atoms with Crippen molar-refractivity contribution in [1.82, 2.24) is 0 Å². The summed E-state index contributed by atoms with van der Waals surface area (Å²) in [5.74, 6) is 1.65. The molecule has 3 heteroatoms. The van der Waals surface area contributed by atoms with Crippen molar-refractivity contribution in [2.75, 3.05) is 18.9 Å². The molecular formula is C30H55NO2. The number of anilines is 1. The smallest absolute Gasteiger partial charge is 0.142 e. The normalized spacial score (nSPS) is 11.1. The molecule has 0 fully saturated rings. The summed E-state index contributed by atoms with van der Waals surface area (Å²) in [7, 11) is 0. The molecule has 192 valence electrons. The molecule has 0 heterocycles. The Labute approximate surface area is 206 Å². The van der Waals surface area contributed by atoms with E-state index < -0.39 is 0 Å². The van der Waals surface area contributed by atoms with Gasteiger partial charge in [0.05, 0.1) is 18.9 Å². The Morgan fingerprint density at radius 1 is 0.515 bits per heavy atom. The van der Waals surface area contributed by atoms with Crippen LogP contribution in [0.1, 0.15) is 142 Å². The summed E-state index contributed by atoms with van der Waals surface area (Å²) in [6.07, 6.45) is 26.8. The molecule has 0 saturated heterocycles. The number of benzene rings is 1. The Hall–Kier alpha value is -1.38. The van der Waals surface area contributed by atoms with E-state index in [2.05, 4.69) is 13.8 Å². The second kappa shape index (κ2) is 22.4. The van der Waals surface area contributed by atoms with E-state index in [4.69, 9.17) is 15.2 Å². The number of hydrogen-bond acceptors (Lipinski definition) is 3. The zero-order valence-electron chi connectivity index (χ0n) is 22.2. The number of unbranched alkanes of at least 4 members (excludes halogenated alkanes) is 18. The van der Waals surface area contributed by atoms with Crippen LogP contribution in [0.15, 0.2) is 18.2 Å². The highest BCUT2D eigenvalue weighted by atomic mass is 16.5. The van der Waals surface area contributed by atoms with E-state index in [1.54, 1.807) is 0 Å². The second-order valence-corrected chi connectivity index (χ2v) is 9.76. The molecule has 0 amide bonds. The summed E-state index contributed by atoms with van der Waals surface area (Å²) in [5.41, 5.74) is 6.86. The van der Waals surface area contributed by atoms with Crippen LogP contribution in [0.3, 0.4) is 0 Å². The number of rotatable bonds is 24. The Morgan fingerprint density at radius 3 is 1.33 bits per heavy atom. The van der Waals surface area contributed by atoms with Crippen LogP contribution < -0.4 is 15.2 Å². The number of nitrogen functional groups attached to an aromatic ring is 1. The molecule has 0 spiro atoms. The van der Waals surface area contributed by atoms with Crippen molar-refractivity contribution in [3.8, 4) is 11.5 Å². The summed E-state index contributed by atoms with van der Waals surface area (Å²) in [6.45, 7) is 6.07. The van der Waals surface area contributed by atoms with Gasteiger partial charge in [0.15, 0.2) is 0 Å². The molecule has 0 atom stereocenters. The lowest BCUT2D eigenvalue weighted by atomic mass is 10.1. The monoisotopic (exact) mass is 461 g/mol. The van der Waals surface area contributed by atoms with Crippen LogP contribution in [0.25, 0.3) is 0 Å². The van der Waals surface area contributed by atoms with Gasteiger partial charge in [0.25, 0.3) is 0 Å². The Balaban J connectivity index is 1.98. The first kappa shape index (κ1) is 29.7. The highest BCUT2D eigenvalue weighted by molar-refractivity contribution is 5.56. The van der Waals surface area contributed by atoms with Crippen LogP contribution in [0, 0.1) is 0 Å². The summed E-state index contributed by atoms with van der Waals surface area (Å²) >= 11 is 0. The van der Waals surface area contributed by atoms with E-state index in [-0.39, 0.29) is 0 Å². The van der Waals surface area contributed by atoms with Gasteiger partial charge in [0.1, 0.15) is 11.5 Å². The van der Waals surface area contributed by atoms with E-state index in [1.165, 1.54) is 116 Å². The van der Waals surface area contributed by atoms with Crippen LogP contribution in [0.5, 0.6) is 11.5 Å². The third-order valence-electron chi connectivity index (χ3n) is 6.50. The molecule has 0 bridgehead atoms. The van der Waals surface area contributed by atoms with Crippen molar-refractivity contribution < 1.29 is 9.47 Å². The van der Waals surface area contributed by atoms with Crippen molar-refractivity contribution in [3.63, 3.8) is 0 Å². The molecule has 33 heavy (non-hydrogen) atoms. The Bertz CT molecular complexity index is 546. The molecule has 2 N–H and O–H groups in total. The fourth-order valence-electron chi connectivity index (χ4n) is 4.30. The van der Waals surface area contributed by atoms with E-state index in [9.17, 15) is 0 Å².